The van der Waals surface area contributed by atoms with E-state index in [1.807, 2.05) is 13.8 Å². The number of primary amides is 1. The quantitative estimate of drug-likeness (QED) is 0.148. The number of unbranched alkanes of at least 4 members (excludes halogenated alkanes) is 3. The van der Waals surface area contributed by atoms with Crippen LogP contribution in [-0.4, -0.2) is 64.2 Å². The molecule has 5 N–H and O–H groups in total. The molecule has 11 heteroatoms. The predicted octanol–water partition coefficient (Wildman–Crippen LogP) is 3.12. The SMILES string of the molecule is CC(C)CC(CCCCCC(=O)CCOCCn1cc(CCC(=O)NCCCCC(N)C(=O)C(C)C)nn1)C(N)=O. The van der Waals surface area contributed by atoms with Gasteiger partial charge in [-0.15, -0.1) is 5.10 Å². The third-order valence-electron chi connectivity index (χ3n) is 7.05. The van der Waals surface area contributed by atoms with Gasteiger partial charge in [-0.25, -0.2) is 4.68 Å². The molecule has 0 aromatic carbocycles. The van der Waals surface area contributed by atoms with Crippen LogP contribution in [0.1, 0.15) is 104 Å². The summed E-state index contributed by atoms with van der Waals surface area (Å²) in [5, 5.41) is 11.1. The molecule has 0 aliphatic rings. The van der Waals surface area contributed by atoms with Crippen molar-refractivity contribution in [3.05, 3.63) is 11.9 Å². The van der Waals surface area contributed by atoms with Gasteiger partial charge >= 0.3 is 0 Å². The number of rotatable bonds is 25. The Bertz CT molecular complexity index is 917. The maximum Gasteiger partial charge on any atom is 0.220 e. The number of amides is 2. The van der Waals surface area contributed by atoms with Crippen molar-refractivity contribution >= 4 is 23.4 Å². The van der Waals surface area contributed by atoms with E-state index >= 15 is 0 Å². The number of nitrogens with one attached hydrogen (secondary N) is 1. The second-order valence-electron chi connectivity index (χ2n) is 11.7. The number of carbonyl (C=O) groups is 4. The Morgan fingerprint density at radius 3 is 2.37 bits per heavy atom. The third kappa shape index (κ3) is 17.7. The topological polar surface area (TPSA) is 172 Å². The van der Waals surface area contributed by atoms with E-state index in [4.69, 9.17) is 16.2 Å². The second-order valence-corrected chi connectivity index (χ2v) is 11.7. The smallest absolute Gasteiger partial charge is 0.220 e. The van der Waals surface area contributed by atoms with Gasteiger partial charge < -0.3 is 21.5 Å². The maximum absolute atomic E-state index is 12.1. The van der Waals surface area contributed by atoms with Crippen LogP contribution in [0.2, 0.25) is 0 Å². The second kappa shape index (κ2) is 21.1. The fraction of sp³-hybridized carbons (Fsp3) is 0.800. The van der Waals surface area contributed by atoms with E-state index in [0.717, 1.165) is 50.6 Å². The number of aromatic nitrogens is 3. The highest BCUT2D eigenvalue weighted by Gasteiger charge is 2.17. The molecule has 0 aliphatic carbocycles. The van der Waals surface area contributed by atoms with Crippen LogP contribution in [-0.2, 0) is 36.9 Å². The fourth-order valence-corrected chi connectivity index (χ4v) is 4.59. The largest absolute Gasteiger partial charge is 0.379 e. The number of ether oxygens (including phenoxy) is 1. The molecule has 0 spiro atoms. The molecule has 1 aromatic rings. The zero-order chi connectivity index (χ0) is 30.6. The number of hydrogen-bond donors (Lipinski definition) is 3. The molecule has 0 bridgehead atoms. The first kappa shape index (κ1) is 36.4. The summed E-state index contributed by atoms with van der Waals surface area (Å²) in [5.41, 5.74) is 12.1. The van der Waals surface area contributed by atoms with E-state index in [1.165, 1.54) is 0 Å². The lowest BCUT2D eigenvalue weighted by molar-refractivity contribution is -0.123. The first-order chi connectivity index (χ1) is 19.5. The molecule has 0 saturated heterocycles. The van der Waals surface area contributed by atoms with Crippen LogP contribution in [0, 0.1) is 17.8 Å². The molecule has 2 amide bonds. The number of nitrogens with zero attached hydrogens (tertiary/aromatic N) is 3. The molecule has 2 atom stereocenters. The lowest BCUT2D eigenvalue weighted by Crippen LogP contribution is -2.33. The summed E-state index contributed by atoms with van der Waals surface area (Å²) in [4.78, 5) is 47.5. The van der Waals surface area contributed by atoms with Crippen LogP contribution in [0.5, 0.6) is 0 Å². The molecule has 11 nitrogen and oxygen atoms in total. The Balaban J connectivity index is 2.07. The third-order valence-corrected chi connectivity index (χ3v) is 7.05. The Hall–Kier alpha value is -2.66. The Morgan fingerprint density at radius 1 is 0.951 bits per heavy atom. The van der Waals surface area contributed by atoms with Crippen LogP contribution in [0.4, 0.5) is 0 Å². The highest BCUT2D eigenvalue weighted by atomic mass is 16.5. The normalized spacial score (nSPS) is 13.0. The van der Waals surface area contributed by atoms with Gasteiger partial charge in [-0.3, -0.25) is 19.2 Å². The van der Waals surface area contributed by atoms with Gasteiger partial charge in [0.1, 0.15) is 5.78 Å². The molecule has 0 fully saturated rings. The monoisotopic (exact) mass is 578 g/mol. The van der Waals surface area contributed by atoms with Crippen molar-refractivity contribution in [3.8, 4) is 0 Å². The zero-order valence-electron chi connectivity index (χ0n) is 25.7. The molecule has 41 heavy (non-hydrogen) atoms. The number of aryl methyl sites for hydroxylation is 1. The standard InChI is InChI=1S/C30H54N6O5/c1-22(2)20-24(30(32)40)10-6-5-7-11-26(37)15-18-41-19-17-36-21-25(34-35-36)13-14-28(38)33-16-9-8-12-27(31)29(39)23(3)4/h21-24,27H,5-20,31H2,1-4H3,(H2,32,40)(H,33,38). The van der Waals surface area contributed by atoms with Crippen molar-refractivity contribution in [1.82, 2.24) is 20.3 Å². The molecule has 2 unspecified atom stereocenters. The molecular formula is C30H54N6O5. The summed E-state index contributed by atoms with van der Waals surface area (Å²) in [6, 6.07) is -0.424. The van der Waals surface area contributed by atoms with E-state index < -0.39 is 6.04 Å². The number of Topliss-reactive ketones (excluding diaryl/α,β-unsaturated/α-hetero) is 2. The molecule has 0 radical (unpaired) electrons. The Kier molecular flexibility index (Phi) is 18.7. The molecule has 1 rings (SSSR count). The summed E-state index contributed by atoms with van der Waals surface area (Å²) in [5.74, 6) is 0.319. The van der Waals surface area contributed by atoms with Crippen molar-refractivity contribution in [2.45, 2.75) is 117 Å². The minimum Gasteiger partial charge on any atom is -0.379 e. The average Bonchev–Trinajstić information content (AvgIpc) is 3.37. The van der Waals surface area contributed by atoms with E-state index in [-0.39, 0.29) is 35.2 Å². The molecule has 1 aromatic heterocycles. The van der Waals surface area contributed by atoms with Gasteiger partial charge in [0.15, 0.2) is 5.78 Å². The Labute approximate surface area is 245 Å². The van der Waals surface area contributed by atoms with E-state index in [1.54, 1.807) is 10.9 Å². The van der Waals surface area contributed by atoms with Gasteiger partial charge in [-0.05, 0) is 44.4 Å². The van der Waals surface area contributed by atoms with Crippen LogP contribution < -0.4 is 16.8 Å². The number of carbonyl (C=O) groups excluding carboxylic acids is 4. The van der Waals surface area contributed by atoms with Crippen molar-refractivity contribution in [1.29, 1.82) is 0 Å². The van der Waals surface area contributed by atoms with Gasteiger partial charge in [0, 0.05) is 50.3 Å². The number of ketones is 2. The highest BCUT2D eigenvalue weighted by molar-refractivity contribution is 5.85. The maximum atomic E-state index is 12.1. The van der Waals surface area contributed by atoms with Gasteiger partial charge in [0.05, 0.1) is 31.5 Å². The molecule has 1 heterocycles. The fourth-order valence-electron chi connectivity index (χ4n) is 4.59. The van der Waals surface area contributed by atoms with Crippen LogP contribution in [0.15, 0.2) is 6.20 Å². The van der Waals surface area contributed by atoms with Crippen molar-refractivity contribution in [3.63, 3.8) is 0 Å². The first-order valence-corrected chi connectivity index (χ1v) is 15.3. The lowest BCUT2D eigenvalue weighted by Gasteiger charge is -2.15. The summed E-state index contributed by atoms with van der Waals surface area (Å²) >= 11 is 0. The number of nitrogens with two attached hydrogens (primary N) is 2. The number of hydrogen-bond acceptors (Lipinski definition) is 8. The van der Waals surface area contributed by atoms with Gasteiger partial charge in [-0.1, -0.05) is 45.7 Å². The highest BCUT2D eigenvalue weighted by Crippen LogP contribution is 2.19. The summed E-state index contributed by atoms with van der Waals surface area (Å²) in [7, 11) is 0. The lowest BCUT2D eigenvalue weighted by atomic mass is 9.91. The minimum absolute atomic E-state index is 0.0453. The van der Waals surface area contributed by atoms with Crippen molar-refractivity contribution in [2.24, 2.45) is 29.2 Å². The molecule has 0 saturated carbocycles. The summed E-state index contributed by atoms with van der Waals surface area (Å²) in [6.45, 7) is 9.76. The van der Waals surface area contributed by atoms with Crippen LogP contribution >= 0.6 is 0 Å². The predicted molar refractivity (Wildman–Crippen MR) is 159 cm³/mol. The molecule has 0 aliphatic heterocycles. The van der Waals surface area contributed by atoms with Crippen molar-refractivity contribution in [2.75, 3.05) is 19.8 Å². The minimum atomic E-state index is -0.424. The zero-order valence-corrected chi connectivity index (χ0v) is 25.7. The van der Waals surface area contributed by atoms with E-state index in [9.17, 15) is 19.2 Å². The first-order valence-electron chi connectivity index (χ1n) is 15.3. The molecular weight excluding hydrogens is 524 g/mol. The van der Waals surface area contributed by atoms with Crippen molar-refractivity contribution < 1.29 is 23.9 Å². The summed E-state index contributed by atoms with van der Waals surface area (Å²) < 4.78 is 7.27. The summed E-state index contributed by atoms with van der Waals surface area (Å²) in [6.07, 6.45) is 10.0. The van der Waals surface area contributed by atoms with Gasteiger partial charge in [0.2, 0.25) is 11.8 Å². The Morgan fingerprint density at radius 2 is 1.68 bits per heavy atom. The van der Waals surface area contributed by atoms with Crippen LogP contribution in [0.3, 0.4) is 0 Å². The van der Waals surface area contributed by atoms with Gasteiger partial charge in [0.25, 0.3) is 0 Å². The van der Waals surface area contributed by atoms with Crippen LogP contribution in [0.25, 0.3) is 0 Å². The van der Waals surface area contributed by atoms with Gasteiger partial charge in [-0.2, -0.15) is 0 Å². The molecule has 234 valence electrons. The van der Waals surface area contributed by atoms with E-state index in [0.29, 0.717) is 64.3 Å². The average molecular weight is 579 g/mol. The van der Waals surface area contributed by atoms with E-state index in [2.05, 4.69) is 29.5 Å².